The van der Waals surface area contributed by atoms with Gasteiger partial charge in [0, 0.05) is 28.8 Å². The smallest absolute Gasteiger partial charge is 0.241 e. The van der Waals surface area contributed by atoms with Crippen LogP contribution < -0.4 is 5.32 Å². The maximum atomic E-state index is 12.7. The van der Waals surface area contributed by atoms with E-state index in [4.69, 9.17) is 27.9 Å². The molecule has 0 unspecified atom stereocenters. The highest BCUT2D eigenvalue weighted by Crippen LogP contribution is 2.24. The van der Waals surface area contributed by atoms with Gasteiger partial charge >= 0.3 is 0 Å². The van der Waals surface area contributed by atoms with Crippen LogP contribution in [0.5, 0.6) is 0 Å². The molecule has 2 saturated heterocycles. The number of nitrogens with one attached hydrogen (secondary N) is 1. The Morgan fingerprint density at radius 3 is 2.65 bits per heavy atom. The normalized spacial score (nSPS) is 23.9. The van der Waals surface area contributed by atoms with Crippen molar-refractivity contribution in [1.82, 2.24) is 9.80 Å². The molecule has 2 amide bonds. The number of nitrogens with zero attached hydrogens (tertiary/aromatic N) is 2. The second-order valence-corrected chi connectivity index (χ2v) is 7.67. The number of carbonyl (C=O) groups excluding carboxylic acids is 2. The van der Waals surface area contributed by atoms with Crippen LogP contribution in [0.25, 0.3) is 0 Å². The molecule has 0 aliphatic carbocycles. The minimum Gasteiger partial charge on any atom is -0.375 e. The average Bonchev–Trinajstić information content (AvgIpc) is 3.02. The van der Waals surface area contributed by atoms with Crippen molar-refractivity contribution in [3.05, 3.63) is 28.2 Å². The van der Waals surface area contributed by atoms with Crippen LogP contribution in [0.4, 0.5) is 5.69 Å². The van der Waals surface area contributed by atoms with E-state index in [1.165, 1.54) is 0 Å². The van der Waals surface area contributed by atoms with Crippen LogP contribution in [-0.4, -0.2) is 66.5 Å². The highest BCUT2D eigenvalue weighted by molar-refractivity contribution is 6.35. The molecule has 2 aliphatic heterocycles. The fourth-order valence-electron chi connectivity index (χ4n) is 3.48. The monoisotopic (exact) mass is 399 g/mol. The Bertz CT molecular complexity index is 665. The van der Waals surface area contributed by atoms with E-state index >= 15 is 0 Å². The highest BCUT2D eigenvalue weighted by atomic mass is 35.5. The van der Waals surface area contributed by atoms with E-state index in [0.717, 1.165) is 19.4 Å². The maximum absolute atomic E-state index is 12.7. The molecule has 1 aromatic carbocycles. The lowest BCUT2D eigenvalue weighted by atomic mass is 10.2. The quantitative estimate of drug-likeness (QED) is 0.844. The molecule has 2 fully saturated rings. The zero-order valence-corrected chi connectivity index (χ0v) is 16.2. The molecule has 6 nitrogen and oxygen atoms in total. The molecule has 1 N–H and O–H groups in total. The third-order valence-corrected chi connectivity index (χ3v) is 5.16. The Kier molecular flexibility index (Phi) is 6.40. The first-order valence-corrected chi connectivity index (χ1v) is 9.58. The molecule has 26 heavy (non-hydrogen) atoms. The summed E-state index contributed by atoms with van der Waals surface area (Å²) in [7, 11) is 0. The third kappa shape index (κ3) is 4.88. The Hall–Kier alpha value is -1.34. The van der Waals surface area contributed by atoms with Gasteiger partial charge in [-0.05, 0) is 44.5 Å². The summed E-state index contributed by atoms with van der Waals surface area (Å²) in [6.07, 6.45) is 1.67. The number of hydrogen-bond donors (Lipinski definition) is 1. The SMILES string of the molecule is C[C@H]1CN(C(=O)CN2CCC[C@H]2C(=O)Nc2cc(Cl)cc(Cl)c2)CCO1. The molecule has 0 radical (unpaired) electrons. The zero-order chi connectivity index (χ0) is 18.7. The van der Waals surface area contributed by atoms with Crippen LogP contribution in [0.3, 0.4) is 0 Å². The van der Waals surface area contributed by atoms with Crippen molar-refractivity contribution in [2.24, 2.45) is 0 Å². The summed E-state index contributed by atoms with van der Waals surface area (Å²) >= 11 is 12.0. The van der Waals surface area contributed by atoms with Gasteiger partial charge < -0.3 is 15.0 Å². The van der Waals surface area contributed by atoms with Gasteiger partial charge in [0.15, 0.2) is 0 Å². The van der Waals surface area contributed by atoms with Crippen molar-refractivity contribution in [2.45, 2.75) is 31.9 Å². The van der Waals surface area contributed by atoms with Crippen molar-refractivity contribution < 1.29 is 14.3 Å². The summed E-state index contributed by atoms with van der Waals surface area (Å²) in [5, 5.41) is 3.79. The lowest BCUT2D eigenvalue weighted by Crippen LogP contribution is -2.50. The first-order chi connectivity index (χ1) is 12.4. The summed E-state index contributed by atoms with van der Waals surface area (Å²) in [4.78, 5) is 29.0. The van der Waals surface area contributed by atoms with Crippen LogP contribution in [-0.2, 0) is 14.3 Å². The molecular weight excluding hydrogens is 377 g/mol. The lowest BCUT2D eigenvalue weighted by molar-refractivity contribution is -0.140. The number of hydrogen-bond acceptors (Lipinski definition) is 4. The number of ether oxygens (including phenoxy) is 1. The van der Waals surface area contributed by atoms with Crippen molar-refractivity contribution in [2.75, 3.05) is 38.1 Å². The van der Waals surface area contributed by atoms with E-state index in [1.807, 2.05) is 16.7 Å². The molecule has 8 heteroatoms. The molecule has 0 bridgehead atoms. The maximum Gasteiger partial charge on any atom is 0.241 e. The molecule has 0 saturated carbocycles. The first kappa shape index (κ1) is 19.4. The molecule has 3 rings (SSSR count). The van der Waals surface area contributed by atoms with Gasteiger partial charge in [-0.2, -0.15) is 0 Å². The average molecular weight is 400 g/mol. The largest absolute Gasteiger partial charge is 0.375 e. The number of carbonyl (C=O) groups is 2. The Morgan fingerprint density at radius 2 is 1.96 bits per heavy atom. The number of morpholine rings is 1. The Morgan fingerprint density at radius 1 is 1.23 bits per heavy atom. The van der Waals surface area contributed by atoms with E-state index < -0.39 is 0 Å². The zero-order valence-electron chi connectivity index (χ0n) is 14.7. The Labute approximate surface area is 163 Å². The minimum atomic E-state index is -0.324. The van der Waals surface area contributed by atoms with Gasteiger partial charge in [-0.15, -0.1) is 0 Å². The standard InChI is InChI=1S/C18H23Cl2N3O3/c1-12-10-23(5-6-26-12)17(24)11-22-4-2-3-16(22)18(25)21-15-8-13(19)7-14(20)9-15/h7-9,12,16H,2-6,10-11H2,1H3,(H,21,25)/t12-,16-/m0/s1. The number of likely N-dealkylation sites (tertiary alicyclic amines) is 1. The van der Waals surface area contributed by atoms with Gasteiger partial charge in [0.1, 0.15) is 0 Å². The lowest BCUT2D eigenvalue weighted by Gasteiger charge is -2.33. The van der Waals surface area contributed by atoms with Crippen molar-refractivity contribution >= 4 is 40.7 Å². The number of anilines is 1. The van der Waals surface area contributed by atoms with Crippen LogP contribution in [0.1, 0.15) is 19.8 Å². The summed E-state index contributed by atoms with van der Waals surface area (Å²) in [6, 6.07) is 4.61. The van der Waals surface area contributed by atoms with Crippen LogP contribution in [0.2, 0.25) is 10.0 Å². The fraction of sp³-hybridized carbons (Fsp3) is 0.556. The van der Waals surface area contributed by atoms with Gasteiger partial charge in [0.25, 0.3) is 0 Å². The predicted molar refractivity (Wildman–Crippen MR) is 102 cm³/mol. The van der Waals surface area contributed by atoms with E-state index in [2.05, 4.69) is 5.32 Å². The van der Waals surface area contributed by atoms with Crippen molar-refractivity contribution in [1.29, 1.82) is 0 Å². The van der Waals surface area contributed by atoms with Crippen LogP contribution in [0, 0.1) is 0 Å². The van der Waals surface area contributed by atoms with Gasteiger partial charge in [-0.1, -0.05) is 23.2 Å². The fourth-order valence-corrected chi connectivity index (χ4v) is 4.01. The number of benzene rings is 1. The summed E-state index contributed by atoms with van der Waals surface area (Å²) in [5.74, 6) is -0.0883. The molecule has 1 aromatic rings. The predicted octanol–water partition coefficient (Wildman–Crippen LogP) is 2.64. The second kappa shape index (κ2) is 8.57. The molecule has 0 aromatic heterocycles. The summed E-state index contributed by atoms with van der Waals surface area (Å²) in [5.41, 5.74) is 0.563. The molecule has 2 heterocycles. The van der Waals surface area contributed by atoms with Gasteiger partial charge in [0.05, 0.1) is 25.3 Å². The topological polar surface area (TPSA) is 61.9 Å². The van der Waals surface area contributed by atoms with Gasteiger partial charge in [-0.25, -0.2) is 0 Å². The Balaban J connectivity index is 1.60. The second-order valence-electron chi connectivity index (χ2n) is 6.80. The summed E-state index contributed by atoms with van der Waals surface area (Å²) < 4.78 is 5.48. The number of rotatable bonds is 4. The van der Waals surface area contributed by atoms with Crippen molar-refractivity contribution in [3.8, 4) is 0 Å². The van der Waals surface area contributed by atoms with E-state index in [0.29, 0.717) is 35.4 Å². The molecule has 0 spiro atoms. The van der Waals surface area contributed by atoms with Crippen molar-refractivity contribution in [3.63, 3.8) is 0 Å². The van der Waals surface area contributed by atoms with E-state index in [1.54, 1.807) is 18.2 Å². The number of amides is 2. The number of halogens is 2. The summed E-state index contributed by atoms with van der Waals surface area (Å²) in [6.45, 7) is 4.72. The third-order valence-electron chi connectivity index (χ3n) is 4.73. The first-order valence-electron chi connectivity index (χ1n) is 8.83. The van der Waals surface area contributed by atoms with Gasteiger partial charge in [-0.3, -0.25) is 14.5 Å². The van der Waals surface area contributed by atoms with E-state index in [9.17, 15) is 9.59 Å². The van der Waals surface area contributed by atoms with E-state index in [-0.39, 0.29) is 30.5 Å². The molecule has 2 atom stereocenters. The minimum absolute atomic E-state index is 0.0469. The van der Waals surface area contributed by atoms with Crippen LogP contribution >= 0.6 is 23.2 Å². The highest BCUT2D eigenvalue weighted by Gasteiger charge is 2.33. The van der Waals surface area contributed by atoms with Gasteiger partial charge in [0.2, 0.25) is 11.8 Å². The molecule has 2 aliphatic rings. The van der Waals surface area contributed by atoms with Crippen LogP contribution in [0.15, 0.2) is 18.2 Å². The molecule has 142 valence electrons. The molecular formula is C18H23Cl2N3O3.